The normalized spacial score (nSPS) is 15.0. The van der Waals surface area contributed by atoms with Crippen LogP contribution < -0.4 is 0 Å². The van der Waals surface area contributed by atoms with Crippen LogP contribution in [0.15, 0.2) is 51.6 Å². The molecule has 3 aromatic rings. The fourth-order valence-corrected chi connectivity index (χ4v) is 3.73. The van der Waals surface area contributed by atoms with E-state index in [9.17, 15) is 9.59 Å². The Morgan fingerprint density at radius 3 is 2.54 bits per heavy atom. The quantitative estimate of drug-likeness (QED) is 0.633. The van der Waals surface area contributed by atoms with E-state index >= 15 is 0 Å². The Morgan fingerprint density at radius 1 is 1.07 bits per heavy atom. The van der Waals surface area contributed by atoms with Gasteiger partial charge in [-0.15, -0.1) is 0 Å². The highest BCUT2D eigenvalue weighted by Crippen LogP contribution is 2.26. The van der Waals surface area contributed by atoms with E-state index in [4.69, 9.17) is 8.94 Å². The fraction of sp³-hybridized carbons (Fsp3) is 0.318. The Morgan fingerprint density at radius 2 is 1.86 bits per heavy atom. The van der Waals surface area contributed by atoms with Crippen molar-refractivity contribution in [2.45, 2.75) is 26.7 Å². The van der Waals surface area contributed by atoms with Crippen molar-refractivity contribution in [3.8, 4) is 11.5 Å². The number of Topliss-reactive ketones (excluding diaryl/α,β-unsaturated/α-hetero) is 1. The fourth-order valence-electron chi connectivity index (χ4n) is 3.73. The van der Waals surface area contributed by atoms with Crippen LogP contribution in [0.4, 0.5) is 0 Å². The molecule has 6 nitrogen and oxygen atoms in total. The molecule has 0 unspecified atom stereocenters. The molecule has 0 aliphatic carbocycles. The molecule has 28 heavy (non-hydrogen) atoms. The molecule has 1 aliphatic rings. The van der Waals surface area contributed by atoms with Gasteiger partial charge in [-0.1, -0.05) is 28.9 Å². The number of rotatable bonds is 4. The molecule has 1 amide bonds. The van der Waals surface area contributed by atoms with Gasteiger partial charge in [-0.2, -0.15) is 0 Å². The molecule has 0 atom stereocenters. The third kappa shape index (κ3) is 3.50. The van der Waals surface area contributed by atoms with Crippen LogP contribution in [0.25, 0.3) is 11.5 Å². The number of aryl methyl sites for hydroxylation is 2. The second-order valence-electron chi connectivity index (χ2n) is 7.30. The highest BCUT2D eigenvalue weighted by atomic mass is 16.5. The minimum atomic E-state index is -0.182. The number of carbonyl (C=O) groups excluding carboxylic acids is 2. The Balaban J connectivity index is 1.40. The Bertz CT molecular complexity index is 995. The van der Waals surface area contributed by atoms with Gasteiger partial charge in [-0.25, -0.2) is 0 Å². The van der Waals surface area contributed by atoms with E-state index in [0.717, 1.165) is 16.7 Å². The first-order valence-electron chi connectivity index (χ1n) is 9.44. The summed E-state index contributed by atoms with van der Waals surface area (Å²) in [5, 5.41) is 3.88. The number of nitrogens with zero attached hydrogens (tertiary/aromatic N) is 2. The van der Waals surface area contributed by atoms with Gasteiger partial charge >= 0.3 is 0 Å². The molecule has 1 saturated heterocycles. The smallest absolute Gasteiger partial charge is 0.276 e. The van der Waals surface area contributed by atoms with Crippen LogP contribution in [-0.4, -0.2) is 34.8 Å². The van der Waals surface area contributed by atoms with Crippen LogP contribution in [0.3, 0.4) is 0 Å². The van der Waals surface area contributed by atoms with Gasteiger partial charge in [0, 0.05) is 30.6 Å². The predicted molar refractivity (Wildman–Crippen MR) is 103 cm³/mol. The molecule has 0 spiro atoms. The zero-order chi connectivity index (χ0) is 19.7. The third-order valence-corrected chi connectivity index (χ3v) is 5.29. The van der Waals surface area contributed by atoms with Crippen molar-refractivity contribution >= 4 is 11.7 Å². The highest BCUT2D eigenvalue weighted by molar-refractivity contribution is 5.99. The van der Waals surface area contributed by atoms with Crippen LogP contribution in [0.5, 0.6) is 0 Å². The van der Waals surface area contributed by atoms with E-state index in [2.05, 4.69) is 5.16 Å². The zero-order valence-electron chi connectivity index (χ0n) is 16.0. The van der Waals surface area contributed by atoms with E-state index in [0.29, 0.717) is 37.5 Å². The monoisotopic (exact) mass is 378 g/mol. The summed E-state index contributed by atoms with van der Waals surface area (Å²) in [5.74, 6) is 0.893. The predicted octanol–water partition coefficient (Wildman–Crippen LogP) is 4.29. The number of carbonyl (C=O) groups is 2. The van der Waals surface area contributed by atoms with Gasteiger partial charge in [0.1, 0.15) is 0 Å². The second-order valence-corrected chi connectivity index (χ2v) is 7.30. The van der Waals surface area contributed by atoms with Crippen molar-refractivity contribution in [1.29, 1.82) is 0 Å². The lowest BCUT2D eigenvalue weighted by Gasteiger charge is -2.31. The Hall–Kier alpha value is -3.15. The van der Waals surface area contributed by atoms with Gasteiger partial charge in [0.25, 0.3) is 5.91 Å². The first kappa shape index (κ1) is 18.2. The number of amides is 1. The molecule has 6 heteroatoms. The van der Waals surface area contributed by atoms with E-state index in [1.165, 1.54) is 6.26 Å². The van der Waals surface area contributed by atoms with E-state index in [-0.39, 0.29) is 23.3 Å². The number of likely N-dealkylation sites (tertiary alicyclic amines) is 1. The van der Waals surface area contributed by atoms with Crippen LogP contribution in [0.2, 0.25) is 0 Å². The number of hydrogen-bond acceptors (Lipinski definition) is 5. The molecule has 0 saturated carbocycles. The SMILES string of the molecule is Cc1ccc(C(=O)C2CCN(C(=O)c3cc(-c4ccco4)on3)CC2)c(C)c1. The lowest BCUT2D eigenvalue weighted by Crippen LogP contribution is -2.40. The van der Waals surface area contributed by atoms with Crippen molar-refractivity contribution in [1.82, 2.24) is 10.1 Å². The van der Waals surface area contributed by atoms with Gasteiger partial charge in [0.15, 0.2) is 17.2 Å². The molecule has 3 heterocycles. The standard InChI is InChI=1S/C22H22N2O4/c1-14-5-6-17(15(2)12-14)21(25)16-7-9-24(10-8-16)22(26)18-13-20(28-23-18)19-4-3-11-27-19/h3-6,11-13,16H,7-10H2,1-2H3. The van der Waals surface area contributed by atoms with Gasteiger partial charge in [0.05, 0.1) is 6.26 Å². The van der Waals surface area contributed by atoms with Crippen molar-refractivity contribution in [2.75, 3.05) is 13.1 Å². The topological polar surface area (TPSA) is 76.6 Å². The van der Waals surface area contributed by atoms with E-state index in [1.807, 2.05) is 32.0 Å². The van der Waals surface area contributed by atoms with Gasteiger partial charge in [-0.3, -0.25) is 9.59 Å². The number of benzene rings is 1. The lowest BCUT2D eigenvalue weighted by atomic mass is 9.87. The molecular formula is C22H22N2O4. The number of ketones is 1. The molecule has 144 valence electrons. The molecule has 1 aliphatic heterocycles. The minimum Gasteiger partial charge on any atom is -0.461 e. The summed E-state index contributed by atoms with van der Waals surface area (Å²) in [5.41, 5.74) is 3.20. The second kappa shape index (κ2) is 7.46. The Kier molecular flexibility index (Phi) is 4.86. The maximum Gasteiger partial charge on any atom is 0.276 e. The van der Waals surface area contributed by atoms with Crippen molar-refractivity contribution < 1.29 is 18.5 Å². The van der Waals surface area contributed by atoms with E-state index < -0.39 is 0 Å². The van der Waals surface area contributed by atoms with Crippen molar-refractivity contribution in [3.63, 3.8) is 0 Å². The van der Waals surface area contributed by atoms with Gasteiger partial charge < -0.3 is 13.8 Å². The maximum absolute atomic E-state index is 12.9. The van der Waals surface area contributed by atoms with Crippen molar-refractivity contribution in [3.05, 3.63) is 65.0 Å². The summed E-state index contributed by atoms with van der Waals surface area (Å²) in [7, 11) is 0. The average molecular weight is 378 g/mol. The summed E-state index contributed by atoms with van der Waals surface area (Å²) in [6.07, 6.45) is 2.85. The number of hydrogen-bond donors (Lipinski definition) is 0. The summed E-state index contributed by atoms with van der Waals surface area (Å²) in [6.45, 7) is 5.05. The minimum absolute atomic E-state index is 0.0542. The highest BCUT2D eigenvalue weighted by Gasteiger charge is 2.30. The maximum atomic E-state index is 12.9. The molecule has 0 radical (unpaired) electrons. The molecule has 2 aromatic heterocycles. The third-order valence-electron chi connectivity index (χ3n) is 5.29. The van der Waals surface area contributed by atoms with Crippen LogP contribution in [0.1, 0.15) is 44.8 Å². The molecule has 1 fully saturated rings. The average Bonchev–Trinajstić information content (AvgIpc) is 3.39. The lowest BCUT2D eigenvalue weighted by molar-refractivity contribution is 0.0641. The van der Waals surface area contributed by atoms with Crippen LogP contribution >= 0.6 is 0 Å². The number of aromatic nitrogens is 1. The summed E-state index contributed by atoms with van der Waals surface area (Å²) in [6, 6.07) is 11.0. The van der Waals surface area contributed by atoms with Crippen LogP contribution in [0, 0.1) is 19.8 Å². The summed E-state index contributed by atoms with van der Waals surface area (Å²) in [4.78, 5) is 27.3. The van der Waals surface area contributed by atoms with Crippen LogP contribution in [-0.2, 0) is 0 Å². The molecular weight excluding hydrogens is 356 g/mol. The largest absolute Gasteiger partial charge is 0.461 e. The van der Waals surface area contributed by atoms with Gasteiger partial charge in [0.2, 0.25) is 5.76 Å². The molecule has 1 aromatic carbocycles. The summed E-state index contributed by atoms with van der Waals surface area (Å²) >= 11 is 0. The van der Waals surface area contributed by atoms with E-state index in [1.54, 1.807) is 23.1 Å². The first-order chi connectivity index (χ1) is 13.5. The Labute approximate surface area is 163 Å². The van der Waals surface area contributed by atoms with Gasteiger partial charge in [-0.05, 0) is 44.4 Å². The van der Waals surface area contributed by atoms with Crippen molar-refractivity contribution in [2.24, 2.45) is 5.92 Å². The zero-order valence-corrected chi connectivity index (χ0v) is 16.0. The number of furan rings is 1. The first-order valence-corrected chi connectivity index (χ1v) is 9.44. The molecule has 0 bridgehead atoms. The number of piperidine rings is 1. The molecule has 4 rings (SSSR count). The summed E-state index contributed by atoms with van der Waals surface area (Å²) < 4.78 is 10.5. The molecule has 0 N–H and O–H groups in total.